The molecule has 0 bridgehead atoms. The third-order valence-corrected chi connectivity index (χ3v) is 3.35. The Morgan fingerprint density at radius 2 is 2.04 bits per heavy atom. The number of benzene rings is 1. The second-order valence-corrected chi connectivity index (χ2v) is 5.25. The molecule has 1 N–H and O–H groups in total. The van der Waals surface area contributed by atoms with Crippen LogP contribution in [0.25, 0.3) is 0 Å². The van der Waals surface area contributed by atoms with Gasteiger partial charge in [0.25, 0.3) is 5.91 Å². The molecule has 8 heteroatoms. The van der Waals surface area contributed by atoms with Crippen molar-refractivity contribution in [3.63, 3.8) is 0 Å². The molecule has 2 heterocycles. The van der Waals surface area contributed by atoms with Crippen molar-refractivity contribution in [3.8, 4) is 0 Å². The average molecular weight is 329 g/mol. The van der Waals surface area contributed by atoms with Gasteiger partial charge in [-0.25, -0.2) is 14.6 Å². The molecule has 2 aromatic heterocycles. The van der Waals surface area contributed by atoms with Gasteiger partial charge in [0.1, 0.15) is 6.33 Å². The lowest BCUT2D eigenvalue weighted by Gasteiger charge is -2.02. The van der Waals surface area contributed by atoms with E-state index in [9.17, 15) is 4.79 Å². The van der Waals surface area contributed by atoms with Gasteiger partial charge in [0.15, 0.2) is 5.69 Å². The molecule has 23 heavy (non-hydrogen) atoms. The lowest BCUT2D eigenvalue weighted by atomic mass is 10.2. The van der Waals surface area contributed by atoms with E-state index in [0.717, 1.165) is 11.3 Å². The molecule has 1 aromatic carbocycles. The van der Waals surface area contributed by atoms with Crippen LogP contribution in [0.1, 0.15) is 21.7 Å². The van der Waals surface area contributed by atoms with E-state index in [0.29, 0.717) is 18.1 Å². The molecule has 0 fully saturated rings. The topological polar surface area (TPSA) is 85.6 Å². The molecule has 1 amide bonds. The summed E-state index contributed by atoms with van der Waals surface area (Å²) < 4.78 is 1.60. The smallest absolute Gasteiger partial charge is 0.273 e. The van der Waals surface area contributed by atoms with E-state index in [1.165, 1.54) is 6.33 Å². The summed E-state index contributed by atoms with van der Waals surface area (Å²) in [4.78, 5) is 19.9. The van der Waals surface area contributed by atoms with Gasteiger partial charge in [-0.15, -0.1) is 5.10 Å². The van der Waals surface area contributed by atoms with Crippen LogP contribution >= 0.6 is 11.6 Å². The normalized spacial score (nSPS) is 10.5. The third kappa shape index (κ3) is 4.10. The summed E-state index contributed by atoms with van der Waals surface area (Å²) in [7, 11) is 0. The van der Waals surface area contributed by atoms with Crippen LogP contribution in [0.3, 0.4) is 0 Å². The zero-order valence-electron chi connectivity index (χ0n) is 12.1. The van der Waals surface area contributed by atoms with Crippen LogP contribution in [0.2, 0.25) is 5.02 Å². The van der Waals surface area contributed by atoms with E-state index in [-0.39, 0.29) is 11.6 Å². The highest BCUT2D eigenvalue weighted by atomic mass is 35.5. The fraction of sp³-hybridized carbons (Fsp3) is 0.133. The first-order valence-electron chi connectivity index (χ1n) is 6.88. The fourth-order valence-electron chi connectivity index (χ4n) is 1.94. The number of nitrogens with zero attached hydrogens (tertiary/aromatic N) is 5. The van der Waals surface area contributed by atoms with Gasteiger partial charge in [-0.1, -0.05) is 28.9 Å². The van der Waals surface area contributed by atoms with Crippen LogP contribution < -0.4 is 5.32 Å². The monoisotopic (exact) mass is 328 g/mol. The van der Waals surface area contributed by atoms with Crippen molar-refractivity contribution in [1.82, 2.24) is 30.3 Å². The van der Waals surface area contributed by atoms with Crippen molar-refractivity contribution in [2.75, 3.05) is 0 Å². The van der Waals surface area contributed by atoms with Crippen molar-refractivity contribution in [3.05, 3.63) is 71.0 Å². The second kappa shape index (κ2) is 6.97. The predicted octanol–water partition coefficient (Wildman–Crippen LogP) is 1.70. The first kappa shape index (κ1) is 15.1. The minimum Gasteiger partial charge on any atom is -0.345 e. The van der Waals surface area contributed by atoms with Crippen molar-refractivity contribution in [2.45, 2.75) is 13.1 Å². The Morgan fingerprint density at radius 1 is 1.22 bits per heavy atom. The molecule has 3 rings (SSSR count). The van der Waals surface area contributed by atoms with Gasteiger partial charge < -0.3 is 5.32 Å². The van der Waals surface area contributed by atoms with Crippen molar-refractivity contribution in [2.24, 2.45) is 0 Å². The molecular formula is C15H13ClN6O. The molecule has 3 aromatic rings. The van der Waals surface area contributed by atoms with Crippen LogP contribution in [0.15, 0.2) is 49.1 Å². The summed E-state index contributed by atoms with van der Waals surface area (Å²) in [5.74, 6) is -0.300. The Bertz CT molecular complexity index is 787. The average Bonchev–Trinajstić information content (AvgIpc) is 3.04. The molecule has 0 aliphatic rings. The Hall–Kier alpha value is -2.80. The summed E-state index contributed by atoms with van der Waals surface area (Å²) in [6, 6.07) is 9.15. The molecule has 0 saturated carbocycles. The molecule has 0 spiro atoms. The van der Waals surface area contributed by atoms with Crippen molar-refractivity contribution < 1.29 is 4.79 Å². The maximum Gasteiger partial charge on any atom is 0.273 e. The number of aromatic nitrogens is 5. The SMILES string of the molecule is O=C(NCc1ccncn1)c1cn(Cc2ccc(Cl)cc2)nn1. The summed E-state index contributed by atoms with van der Waals surface area (Å²) in [6.07, 6.45) is 4.66. The van der Waals surface area contributed by atoms with Gasteiger partial charge in [-0.3, -0.25) is 4.79 Å². The van der Waals surface area contributed by atoms with Gasteiger partial charge >= 0.3 is 0 Å². The van der Waals surface area contributed by atoms with Gasteiger partial charge in [0, 0.05) is 11.2 Å². The van der Waals surface area contributed by atoms with E-state index in [1.807, 2.05) is 24.3 Å². The van der Waals surface area contributed by atoms with Crippen LogP contribution in [-0.4, -0.2) is 30.9 Å². The molecular weight excluding hydrogens is 316 g/mol. The number of amides is 1. The number of hydrogen-bond acceptors (Lipinski definition) is 5. The first-order chi connectivity index (χ1) is 11.2. The lowest BCUT2D eigenvalue weighted by Crippen LogP contribution is -2.23. The minimum atomic E-state index is -0.300. The van der Waals surface area contributed by atoms with Gasteiger partial charge in [0.2, 0.25) is 0 Å². The highest BCUT2D eigenvalue weighted by molar-refractivity contribution is 6.30. The highest BCUT2D eigenvalue weighted by Crippen LogP contribution is 2.10. The Labute approximate surface area is 137 Å². The number of rotatable bonds is 5. The Kier molecular flexibility index (Phi) is 4.58. The zero-order valence-corrected chi connectivity index (χ0v) is 12.8. The van der Waals surface area contributed by atoms with Gasteiger partial charge in [-0.2, -0.15) is 0 Å². The van der Waals surface area contributed by atoms with E-state index in [1.54, 1.807) is 23.1 Å². The summed E-state index contributed by atoms with van der Waals surface area (Å²) in [5.41, 5.74) is 2.00. The van der Waals surface area contributed by atoms with E-state index < -0.39 is 0 Å². The largest absolute Gasteiger partial charge is 0.345 e. The standard InChI is InChI=1S/C15H13ClN6O/c16-12-3-1-11(2-4-12)8-22-9-14(20-21-22)15(23)18-7-13-5-6-17-10-19-13/h1-6,9-10H,7-8H2,(H,18,23). The fourth-order valence-corrected chi connectivity index (χ4v) is 2.07. The number of hydrogen-bond donors (Lipinski definition) is 1. The molecule has 0 radical (unpaired) electrons. The number of carbonyl (C=O) groups excluding carboxylic acids is 1. The summed E-state index contributed by atoms with van der Waals surface area (Å²) in [6.45, 7) is 0.828. The minimum absolute atomic E-state index is 0.257. The number of halogens is 1. The summed E-state index contributed by atoms with van der Waals surface area (Å²) in [5, 5.41) is 11.3. The molecule has 116 valence electrons. The van der Waals surface area contributed by atoms with Crippen LogP contribution in [-0.2, 0) is 13.1 Å². The van der Waals surface area contributed by atoms with Gasteiger partial charge in [0.05, 0.1) is 25.0 Å². The third-order valence-electron chi connectivity index (χ3n) is 3.10. The van der Waals surface area contributed by atoms with Crippen molar-refractivity contribution >= 4 is 17.5 Å². The molecule has 0 unspecified atom stereocenters. The molecule has 0 saturated heterocycles. The Balaban J connectivity index is 1.59. The quantitative estimate of drug-likeness (QED) is 0.770. The van der Waals surface area contributed by atoms with Crippen LogP contribution in [0.5, 0.6) is 0 Å². The molecule has 0 atom stereocenters. The zero-order chi connectivity index (χ0) is 16.1. The summed E-state index contributed by atoms with van der Waals surface area (Å²) >= 11 is 5.85. The second-order valence-electron chi connectivity index (χ2n) is 4.81. The highest BCUT2D eigenvalue weighted by Gasteiger charge is 2.11. The predicted molar refractivity (Wildman–Crippen MR) is 83.8 cm³/mol. The van der Waals surface area contributed by atoms with Crippen LogP contribution in [0, 0.1) is 0 Å². The lowest BCUT2D eigenvalue weighted by molar-refractivity contribution is 0.0945. The maximum absolute atomic E-state index is 12.0. The maximum atomic E-state index is 12.0. The number of carbonyl (C=O) groups is 1. The van der Waals surface area contributed by atoms with E-state index >= 15 is 0 Å². The van der Waals surface area contributed by atoms with Crippen molar-refractivity contribution in [1.29, 1.82) is 0 Å². The molecule has 7 nitrogen and oxygen atoms in total. The molecule has 0 aliphatic heterocycles. The first-order valence-corrected chi connectivity index (χ1v) is 7.26. The van der Waals surface area contributed by atoms with Crippen LogP contribution in [0.4, 0.5) is 0 Å². The van der Waals surface area contributed by atoms with E-state index in [4.69, 9.17) is 11.6 Å². The van der Waals surface area contributed by atoms with Gasteiger partial charge in [-0.05, 0) is 23.8 Å². The molecule has 0 aliphatic carbocycles. The van der Waals surface area contributed by atoms with E-state index in [2.05, 4.69) is 25.6 Å². The number of nitrogens with one attached hydrogen (secondary N) is 1. The Morgan fingerprint density at radius 3 is 2.78 bits per heavy atom.